The van der Waals surface area contributed by atoms with Gasteiger partial charge < -0.3 is 10.6 Å². The molecule has 1 aromatic carbocycles. The van der Waals surface area contributed by atoms with Crippen LogP contribution < -0.4 is 10.6 Å². The topological polar surface area (TPSA) is 75.3 Å². The average molecular weight is 308 g/mol. The zero-order valence-corrected chi connectivity index (χ0v) is 12.9. The number of sulfone groups is 1. The molecule has 1 amide bonds. The summed E-state index contributed by atoms with van der Waals surface area (Å²) >= 11 is 0. The van der Waals surface area contributed by atoms with Crippen LogP contribution in [0.2, 0.25) is 0 Å². The number of amides is 1. The smallest absolute Gasteiger partial charge is 0.228 e. The molecule has 1 aromatic rings. The molecule has 1 aliphatic carbocycles. The van der Waals surface area contributed by atoms with Crippen molar-refractivity contribution in [3.05, 3.63) is 24.3 Å². The molecule has 0 radical (unpaired) electrons. The first-order valence-corrected chi connectivity index (χ1v) is 9.12. The quantitative estimate of drug-likeness (QED) is 0.885. The number of hydrogen-bond acceptors (Lipinski definition) is 4. The first kappa shape index (κ1) is 14.5. The maximum Gasteiger partial charge on any atom is 0.228 e. The van der Waals surface area contributed by atoms with Crippen LogP contribution in [0.5, 0.6) is 0 Å². The second kappa shape index (κ2) is 5.10. The van der Waals surface area contributed by atoms with Gasteiger partial charge in [-0.05, 0) is 62.0 Å². The van der Waals surface area contributed by atoms with E-state index in [1.54, 1.807) is 12.1 Å². The van der Waals surface area contributed by atoms with Gasteiger partial charge in [-0.3, -0.25) is 4.79 Å². The van der Waals surface area contributed by atoms with E-state index in [9.17, 15) is 13.2 Å². The Kier molecular flexibility index (Phi) is 3.53. The van der Waals surface area contributed by atoms with Crippen LogP contribution >= 0.6 is 0 Å². The predicted octanol–water partition coefficient (Wildman–Crippen LogP) is 1.42. The molecule has 2 aliphatic rings. The van der Waals surface area contributed by atoms with Gasteiger partial charge in [-0.25, -0.2) is 8.42 Å². The highest BCUT2D eigenvalue weighted by molar-refractivity contribution is 7.90. The molecule has 3 rings (SSSR count). The summed E-state index contributed by atoms with van der Waals surface area (Å²) in [5.41, 5.74) is 0.866. The van der Waals surface area contributed by atoms with Crippen LogP contribution in [0.15, 0.2) is 29.2 Å². The highest BCUT2D eigenvalue weighted by atomic mass is 32.2. The van der Waals surface area contributed by atoms with Crippen LogP contribution in [0.3, 0.4) is 0 Å². The number of anilines is 1. The van der Waals surface area contributed by atoms with Crippen LogP contribution in [-0.2, 0) is 14.6 Å². The Bertz CT molecular complexity index is 646. The Morgan fingerprint density at radius 3 is 2.43 bits per heavy atom. The lowest BCUT2D eigenvalue weighted by atomic mass is 9.92. The molecule has 2 N–H and O–H groups in total. The highest BCUT2D eigenvalue weighted by Gasteiger charge is 2.57. The second-order valence-electron chi connectivity index (χ2n) is 6.15. The highest BCUT2D eigenvalue weighted by Crippen LogP contribution is 2.58. The van der Waals surface area contributed by atoms with Gasteiger partial charge >= 0.3 is 0 Å². The van der Waals surface area contributed by atoms with Gasteiger partial charge in [-0.15, -0.1) is 0 Å². The predicted molar refractivity (Wildman–Crippen MR) is 80.8 cm³/mol. The first-order valence-electron chi connectivity index (χ1n) is 7.22. The molecule has 21 heavy (non-hydrogen) atoms. The summed E-state index contributed by atoms with van der Waals surface area (Å²) in [7, 11) is -3.19. The molecule has 1 aliphatic heterocycles. The van der Waals surface area contributed by atoms with Crippen molar-refractivity contribution in [1.82, 2.24) is 5.32 Å². The SMILES string of the molecule is CS(=O)(=O)c1ccc(NC(=O)C2CC23CCNCC3)cc1. The fraction of sp³-hybridized carbons (Fsp3) is 0.533. The largest absolute Gasteiger partial charge is 0.326 e. The van der Waals surface area contributed by atoms with Crippen molar-refractivity contribution in [3.63, 3.8) is 0 Å². The minimum absolute atomic E-state index is 0.0593. The summed E-state index contributed by atoms with van der Waals surface area (Å²) in [6.45, 7) is 1.99. The van der Waals surface area contributed by atoms with E-state index in [0.717, 1.165) is 32.4 Å². The Labute approximate surface area is 125 Å². The molecule has 1 saturated heterocycles. The summed E-state index contributed by atoms with van der Waals surface area (Å²) in [4.78, 5) is 12.5. The van der Waals surface area contributed by atoms with Gasteiger partial charge in [0.05, 0.1) is 4.90 Å². The minimum Gasteiger partial charge on any atom is -0.326 e. The average Bonchev–Trinajstić information content (AvgIpc) is 3.13. The molecule has 0 aromatic heterocycles. The lowest BCUT2D eigenvalue weighted by molar-refractivity contribution is -0.118. The van der Waals surface area contributed by atoms with Crippen molar-refractivity contribution in [2.24, 2.45) is 11.3 Å². The Balaban J connectivity index is 1.63. The second-order valence-corrected chi connectivity index (χ2v) is 8.17. The van der Waals surface area contributed by atoms with Crippen LogP contribution in [0.25, 0.3) is 0 Å². The van der Waals surface area contributed by atoms with E-state index in [-0.39, 0.29) is 22.1 Å². The van der Waals surface area contributed by atoms with E-state index in [0.29, 0.717) is 5.69 Å². The van der Waals surface area contributed by atoms with Crippen molar-refractivity contribution >= 4 is 21.4 Å². The van der Waals surface area contributed by atoms with Gasteiger partial charge in [-0.2, -0.15) is 0 Å². The molecule has 1 atom stereocenters. The maximum atomic E-state index is 12.3. The van der Waals surface area contributed by atoms with E-state index in [2.05, 4.69) is 10.6 Å². The van der Waals surface area contributed by atoms with Crippen molar-refractivity contribution < 1.29 is 13.2 Å². The summed E-state index contributed by atoms with van der Waals surface area (Å²) < 4.78 is 22.8. The lowest BCUT2D eigenvalue weighted by Gasteiger charge is -2.23. The Morgan fingerprint density at radius 2 is 1.86 bits per heavy atom. The van der Waals surface area contributed by atoms with E-state index >= 15 is 0 Å². The molecule has 0 bridgehead atoms. The van der Waals surface area contributed by atoms with Gasteiger partial charge in [-0.1, -0.05) is 0 Å². The molecule has 1 spiro atoms. The number of rotatable bonds is 3. The standard InChI is InChI=1S/C15H20N2O3S/c1-21(19,20)12-4-2-11(3-5-12)17-14(18)13-10-15(13)6-8-16-9-7-15/h2-5,13,16H,6-10H2,1H3,(H,17,18). The van der Waals surface area contributed by atoms with Crippen LogP contribution in [0.4, 0.5) is 5.69 Å². The fourth-order valence-corrected chi connectivity index (χ4v) is 3.84. The van der Waals surface area contributed by atoms with Gasteiger partial charge in [0.1, 0.15) is 0 Å². The van der Waals surface area contributed by atoms with Crippen molar-refractivity contribution in [2.75, 3.05) is 24.7 Å². The summed E-state index contributed by atoms with van der Waals surface area (Å²) in [6.07, 6.45) is 4.28. The van der Waals surface area contributed by atoms with Crippen molar-refractivity contribution in [1.29, 1.82) is 0 Å². The van der Waals surface area contributed by atoms with Crippen LogP contribution in [0, 0.1) is 11.3 Å². The fourth-order valence-electron chi connectivity index (χ4n) is 3.21. The first-order chi connectivity index (χ1) is 9.91. The van der Waals surface area contributed by atoms with E-state index < -0.39 is 9.84 Å². The van der Waals surface area contributed by atoms with Gasteiger partial charge in [0.25, 0.3) is 0 Å². The molecule has 2 fully saturated rings. The van der Waals surface area contributed by atoms with Crippen LogP contribution in [0.1, 0.15) is 19.3 Å². The molecular weight excluding hydrogens is 288 g/mol. The zero-order chi connectivity index (χ0) is 15.1. The molecule has 1 saturated carbocycles. The monoisotopic (exact) mass is 308 g/mol. The van der Waals surface area contributed by atoms with E-state index in [1.807, 2.05) is 0 Å². The zero-order valence-electron chi connectivity index (χ0n) is 12.1. The lowest BCUT2D eigenvalue weighted by Crippen LogP contribution is -2.31. The van der Waals surface area contributed by atoms with Crippen LogP contribution in [-0.4, -0.2) is 33.7 Å². The third-order valence-electron chi connectivity index (χ3n) is 4.66. The number of carbonyl (C=O) groups is 1. The van der Waals surface area contributed by atoms with Gasteiger partial charge in [0.2, 0.25) is 5.91 Å². The summed E-state index contributed by atoms with van der Waals surface area (Å²) in [5, 5.41) is 6.22. The maximum absolute atomic E-state index is 12.3. The van der Waals surface area contributed by atoms with E-state index in [4.69, 9.17) is 0 Å². The van der Waals surface area contributed by atoms with Crippen molar-refractivity contribution in [3.8, 4) is 0 Å². The van der Waals surface area contributed by atoms with Crippen molar-refractivity contribution in [2.45, 2.75) is 24.2 Å². The number of nitrogens with one attached hydrogen (secondary N) is 2. The molecule has 1 unspecified atom stereocenters. The normalized spacial score (nSPS) is 23.8. The number of benzene rings is 1. The Morgan fingerprint density at radius 1 is 1.24 bits per heavy atom. The third-order valence-corrected chi connectivity index (χ3v) is 5.78. The number of carbonyl (C=O) groups excluding carboxylic acids is 1. The third kappa shape index (κ3) is 2.96. The molecule has 1 heterocycles. The molecular formula is C15H20N2O3S. The number of piperidine rings is 1. The number of hydrogen-bond donors (Lipinski definition) is 2. The Hall–Kier alpha value is -1.40. The van der Waals surface area contributed by atoms with E-state index in [1.165, 1.54) is 18.4 Å². The van der Waals surface area contributed by atoms with Gasteiger partial charge in [0, 0.05) is 17.9 Å². The molecule has 6 heteroatoms. The minimum atomic E-state index is -3.19. The van der Waals surface area contributed by atoms with Gasteiger partial charge in [0.15, 0.2) is 9.84 Å². The molecule has 114 valence electrons. The molecule has 5 nitrogen and oxygen atoms in total. The summed E-state index contributed by atoms with van der Waals surface area (Å²) in [6, 6.07) is 6.34. The summed E-state index contributed by atoms with van der Waals surface area (Å²) in [5.74, 6) is 0.165.